The van der Waals surface area contributed by atoms with E-state index in [1.165, 1.54) is 11.8 Å². The lowest BCUT2D eigenvalue weighted by Crippen LogP contribution is -2.26. The van der Waals surface area contributed by atoms with Gasteiger partial charge in [0, 0.05) is 11.4 Å². The number of hydrazone groups is 1. The minimum Gasteiger partial charge on any atom is -0.350 e. The normalized spacial score (nSPS) is 11.0. The summed E-state index contributed by atoms with van der Waals surface area (Å²) in [5, 5.41) is 6.87. The summed E-state index contributed by atoms with van der Waals surface area (Å²) in [6, 6.07) is 16.3. The Balaban J connectivity index is 1.93. The number of benzene rings is 2. The maximum absolute atomic E-state index is 12.0. The van der Waals surface area contributed by atoms with Crippen molar-refractivity contribution in [2.24, 2.45) is 10.8 Å². The Kier molecular flexibility index (Phi) is 7.03. The lowest BCUT2D eigenvalue weighted by atomic mass is 10.1. The molecule has 7 heteroatoms. The molecule has 0 aliphatic rings. The molecule has 130 valence electrons. The van der Waals surface area contributed by atoms with Crippen molar-refractivity contribution in [1.82, 2.24) is 5.43 Å². The number of carbonyl (C=O) groups is 2. The number of amides is 3. The van der Waals surface area contributed by atoms with Crippen molar-refractivity contribution in [2.45, 2.75) is 6.92 Å². The minimum absolute atomic E-state index is 0.0951. The molecule has 2 aromatic carbocycles. The van der Waals surface area contributed by atoms with Crippen LogP contribution >= 0.6 is 11.8 Å². The van der Waals surface area contributed by atoms with Crippen LogP contribution in [0.1, 0.15) is 11.1 Å². The number of aryl methyl sites for hydroxylation is 1. The second kappa shape index (κ2) is 9.48. The van der Waals surface area contributed by atoms with Gasteiger partial charge in [0.15, 0.2) is 0 Å². The van der Waals surface area contributed by atoms with Gasteiger partial charge < -0.3 is 11.1 Å². The third-order valence-electron chi connectivity index (χ3n) is 3.22. The van der Waals surface area contributed by atoms with E-state index in [9.17, 15) is 9.59 Å². The molecule has 0 aromatic heterocycles. The van der Waals surface area contributed by atoms with Gasteiger partial charge in [-0.15, -0.1) is 11.8 Å². The molecule has 0 saturated carbocycles. The number of anilines is 1. The van der Waals surface area contributed by atoms with Crippen LogP contribution in [-0.2, 0) is 4.79 Å². The number of nitrogens with one attached hydrogen (secondary N) is 2. The Bertz CT molecular complexity index is 745. The maximum Gasteiger partial charge on any atom is 0.332 e. The first-order valence-corrected chi connectivity index (χ1v) is 8.82. The van der Waals surface area contributed by atoms with Gasteiger partial charge in [-0.3, -0.25) is 4.79 Å². The summed E-state index contributed by atoms with van der Waals surface area (Å²) in [4.78, 5) is 22.9. The van der Waals surface area contributed by atoms with Gasteiger partial charge in [0.05, 0.1) is 11.5 Å². The lowest BCUT2D eigenvalue weighted by molar-refractivity contribution is -0.113. The van der Waals surface area contributed by atoms with Gasteiger partial charge >= 0.3 is 6.03 Å². The molecule has 0 bridgehead atoms. The summed E-state index contributed by atoms with van der Waals surface area (Å²) >= 11 is 1.40. The Morgan fingerprint density at radius 3 is 2.36 bits per heavy atom. The van der Waals surface area contributed by atoms with Crippen molar-refractivity contribution in [3.8, 4) is 0 Å². The molecule has 0 unspecified atom stereocenters. The van der Waals surface area contributed by atoms with E-state index in [2.05, 4.69) is 15.8 Å². The number of carbonyl (C=O) groups excluding carboxylic acids is 2. The molecule has 0 atom stereocenters. The number of urea groups is 1. The van der Waals surface area contributed by atoms with Crippen molar-refractivity contribution in [3.63, 3.8) is 0 Å². The summed E-state index contributed by atoms with van der Waals surface area (Å²) < 4.78 is 0. The topological polar surface area (TPSA) is 96.6 Å². The number of rotatable bonds is 7. The summed E-state index contributed by atoms with van der Waals surface area (Å²) in [5.41, 5.74) is 10.7. The van der Waals surface area contributed by atoms with Gasteiger partial charge in [0.2, 0.25) is 5.91 Å². The zero-order chi connectivity index (χ0) is 18.1. The Morgan fingerprint density at radius 1 is 1.04 bits per heavy atom. The molecule has 0 fully saturated rings. The predicted octanol–water partition coefficient (Wildman–Crippen LogP) is 2.74. The number of thioether (sulfide) groups is 1. The van der Waals surface area contributed by atoms with Crippen LogP contribution in [0.25, 0.3) is 0 Å². The van der Waals surface area contributed by atoms with Crippen molar-refractivity contribution in [2.75, 3.05) is 16.8 Å². The highest BCUT2D eigenvalue weighted by Gasteiger charge is 2.08. The summed E-state index contributed by atoms with van der Waals surface area (Å²) in [6.45, 7) is 1.99. The van der Waals surface area contributed by atoms with Crippen molar-refractivity contribution < 1.29 is 9.59 Å². The van der Waals surface area contributed by atoms with E-state index in [0.29, 0.717) is 11.5 Å². The van der Waals surface area contributed by atoms with Gasteiger partial charge in [0.25, 0.3) is 0 Å². The van der Waals surface area contributed by atoms with Crippen molar-refractivity contribution in [1.29, 1.82) is 0 Å². The van der Waals surface area contributed by atoms with Crippen LogP contribution in [0.3, 0.4) is 0 Å². The van der Waals surface area contributed by atoms with Gasteiger partial charge in [-0.2, -0.15) is 5.10 Å². The summed E-state index contributed by atoms with van der Waals surface area (Å²) in [6.07, 6.45) is 0. The van der Waals surface area contributed by atoms with Gasteiger partial charge in [-0.05, 0) is 24.6 Å². The number of nitrogens with zero attached hydrogens (tertiary/aromatic N) is 1. The fraction of sp³-hybridized carbons (Fsp3) is 0.167. The second-order valence-corrected chi connectivity index (χ2v) is 6.29. The third kappa shape index (κ3) is 6.68. The van der Waals surface area contributed by atoms with Crippen molar-refractivity contribution >= 4 is 35.1 Å². The molecule has 0 radical (unpaired) electrons. The monoisotopic (exact) mass is 356 g/mol. The summed E-state index contributed by atoms with van der Waals surface area (Å²) in [7, 11) is 0. The Morgan fingerprint density at radius 2 is 1.72 bits per heavy atom. The highest BCUT2D eigenvalue weighted by atomic mass is 32.2. The summed E-state index contributed by atoms with van der Waals surface area (Å²) in [5.74, 6) is 0.643. The highest BCUT2D eigenvalue weighted by Crippen LogP contribution is 2.11. The number of para-hydroxylation sites is 1. The van der Waals surface area contributed by atoms with Gasteiger partial charge in [-0.25, -0.2) is 10.2 Å². The third-order valence-corrected chi connectivity index (χ3v) is 4.16. The van der Waals surface area contributed by atoms with E-state index in [0.717, 1.165) is 16.8 Å². The Hall–Kier alpha value is -2.80. The van der Waals surface area contributed by atoms with Crippen LogP contribution in [0.15, 0.2) is 59.7 Å². The first-order chi connectivity index (χ1) is 12.0. The molecule has 0 aliphatic carbocycles. The van der Waals surface area contributed by atoms with E-state index >= 15 is 0 Å². The zero-order valence-corrected chi connectivity index (χ0v) is 14.7. The zero-order valence-electron chi connectivity index (χ0n) is 13.9. The molecule has 4 N–H and O–H groups in total. The largest absolute Gasteiger partial charge is 0.350 e. The number of nitrogens with two attached hydrogens (primary N) is 1. The first-order valence-electron chi connectivity index (χ1n) is 7.66. The Labute approximate surface area is 150 Å². The molecular formula is C18H20N4O2S. The molecule has 3 amide bonds. The molecule has 2 aromatic rings. The molecule has 0 spiro atoms. The van der Waals surface area contributed by atoms with Gasteiger partial charge in [0.1, 0.15) is 0 Å². The van der Waals surface area contributed by atoms with Crippen molar-refractivity contribution in [3.05, 3.63) is 65.7 Å². The van der Waals surface area contributed by atoms with E-state index in [4.69, 9.17) is 5.73 Å². The van der Waals surface area contributed by atoms with Crippen LogP contribution < -0.4 is 16.5 Å². The van der Waals surface area contributed by atoms with Crippen LogP contribution in [0, 0.1) is 6.92 Å². The average Bonchev–Trinajstić information content (AvgIpc) is 2.59. The van der Waals surface area contributed by atoms with E-state index in [1.807, 2.05) is 61.5 Å². The second-order valence-electron chi connectivity index (χ2n) is 5.31. The number of hydrogen-bond donors (Lipinski definition) is 3. The quantitative estimate of drug-likeness (QED) is 0.526. The van der Waals surface area contributed by atoms with Gasteiger partial charge in [-0.1, -0.05) is 48.0 Å². The van der Waals surface area contributed by atoms with Crippen LogP contribution in [-0.4, -0.2) is 29.2 Å². The molecule has 0 heterocycles. The number of hydrogen-bond acceptors (Lipinski definition) is 4. The molecule has 0 aliphatic heterocycles. The lowest BCUT2D eigenvalue weighted by Gasteiger charge is -2.08. The first kappa shape index (κ1) is 18.5. The van der Waals surface area contributed by atoms with E-state index < -0.39 is 6.03 Å². The van der Waals surface area contributed by atoms with Crippen LogP contribution in [0.2, 0.25) is 0 Å². The fourth-order valence-corrected chi connectivity index (χ4v) is 2.79. The smallest absolute Gasteiger partial charge is 0.332 e. The van der Waals surface area contributed by atoms with Crippen LogP contribution in [0.5, 0.6) is 0 Å². The number of primary amides is 1. The molecular weight excluding hydrogens is 336 g/mol. The maximum atomic E-state index is 12.0. The van der Waals surface area contributed by atoms with E-state index in [-0.39, 0.29) is 11.7 Å². The molecule has 25 heavy (non-hydrogen) atoms. The molecule has 0 saturated heterocycles. The minimum atomic E-state index is -0.726. The highest BCUT2D eigenvalue weighted by molar-refractivity contribution is 8.00. The molecule has 2 rings (SSSR count). The average molecular weight is 356 g/mol. The SMILES string of the molecule is Cc1ccc(/C(CSCC(=O)Nc2ccccc2)=N\NC(N)=O)cc1. The fourth-order valence-electron chi connectivity index (χ4n) is 2.01. The predicted molar refractivity (Wildman–Crippen MR) is 103 cm³/mol. The standard InChI is InChI=1S/C18H20N4O2S/c1-13-7-9-14(10-8-13)16(21-22-18(19)24)11-25-12-17(23)20-15-5-3-2-4-6-15/h2-10H,11-12H2,1H3,(H,20,23)(H3,19,22,24)/b21-16-. The van der Waals surface area contributed by atoms with E-state index in [1.54, 1.807) is 0 Å². The molecule has 6 nitrogen and oxygen atoms in total. The van der Waals surface area contributed by atoms with Crippen LogP contribution in [0.4, 0.5) is 10.5 Å².